The van der Waals surface area contributed by atoms with E-state index in [0.29, 0.717) is 0 Å². The van der Waals surface area contributed by atoms with Gasteiger partial charge in [0.15, 0.2) is 0 Å². The second kappa shape index (κ2) is 3.24. The topological polar surface area (TPSA) is 21.3 Å². The standard InChI is InChI=1S/C13H17NO/c1-10-2-3-11-4-5-13(6-7-14-9-13)15-12(11)8-10/h2-3,8,14H,4-7,9H2,1H3. The van der Waals surface area contributed by atoms with E-state index in [0.717, 1.165) is 38.1 Å². The van der Waals surface area contributed by atoms with Crippen molar-refractivity contribution in [1.82, 2.24) is 5.32 Å². The molecule has 1 N–H and O–H groups in total. The van der Waals surface area contributed by atoms with Gasteiger partial charge in [0.1, 0.15) is 11.4 Å². The molecular weight excluding hydrogens is 186 g/mol. The number of nitrogens with one attached hydrogen (secondary N) is 1. The average molecular weight is 203 g/mol. The molecule has 0 saturated carbocycles. The van der Waals surface area contributed by atoms with Gasteiger partial charge in [-0.1, -0.05) is 12.1 Å². The van der Waals surface area contributed by atoms with E-state index in [2.05, 4.69) is 30.4 Å². The lowest BCUT2D eigenvalue weighted by Gasteiger charge is -2.35. The SMILES string of the molecule is Cc1ccc2c(c1)OC1(CCNC1)CC2. The van der Waals surface area contributed by atoms with E-state index in [1.807, 2.05) is 0 Å². The van der Waals surface area contributed by atoms with Crippen LogP contribution in [-0.4, -0.2) is 18.7 Å². The molecule has 2 nitrogen and oxygen atoms in total. The Balaban J connectivity index is 1.94. The van der Waals surface area contributed by atoms with E-state index in [1.54, 1.807) is 0 Å². The maximum absolute atomic E-state index is 6.20. The number of rotatable bonds is 0. The van der Waals surface area contributed by atoms with Gasteiger partial charge in [-0.15, -0.1) is 0 Å². The summed E-state index contributed by atoms with van der Waals surface area (Å²) in [4.78, 5) is 0. The van der Waals surface area contributed by atoms with Crippen LogP contribution in [0, 0.1) is 6.92 Å². The van der Waals surface area contributed by atoms with Crippen LogP contribution in [0.5, 0.6) is 5.75 Å². The third-order valence-corrected chi connectivity index (χ3v) is 3.60. The van der Waals surface area contributed by atoms with Crippen molar-refractivity contribution in [1.29, 1.82) is 0 Å². The number of aryl methyl sites for hydroxylation is 2. The molecule has 1 aromatic rings. The predicted molar refractivity (Wildman–Crippen MR) is 60.3 cm³/mol. The van der Waals surface area contributed by atoms with Crippen LogP contribution in [0.1, 0.15) is 24.0 Å². The minimum absolute atomic E-state index is 0.0980. The highest BCUT2D eigenvalue weighted by Gasteiger charge is 2.38. The normalized spacial score (nSPS) is 28.9. The molecule has 0 aliphatic carbocycles. The van der Waals surface area contributed by atoms with Gasteiger partial charge >= 0.3 is 0 Å². The predicted octanol–water partition coefficient (Wildman–Crippen LogP) is 2.05. The summed E-state index contributed by atoms with van der Waals surface area (Å²) in [6, 6.07) is 6.56. The molecule has 1 aromatic carbocycles. The Bertz CT molecular complexity index is 380. The van der Waals surface area contributed by atoms with Gasteiger partial charge in [-0.25, -0.2) is 0 Å². The zero-order valence-electron chi connectivity index (χ0n) is 9.18. The molecule has 2 heterocycles. The van der Waals surface area contributed by atoms with Gasteiger partial charge < -0.3 is 10.1 Å². The van der Waals surface area contributed by atoms with Gasteiger partial charge in [0.25, 0.3) is 0 Å². The molecule has 1 fully saturated rings. The van der Waals surface area contributed by atoms with E-state index >= 15 is 0 Å². The Hall–Kier alpha value is -1.02. The number of ether oxygens (including phenoxy) is 1. The zero-order chi connectivity index (χ0) is 10.3. The first-order valence-electron chi connectivity index (χ1n) is 5.77. The third-order valence-electron chi connectivity index (χ3n) is 3.60. The number of hydrogen-bond acceptors (Lipinski definition) is 2. The lowest BCUT2D eigenvalue weighted by atomic mass is 9.90. The summed E-state index contributed by atoms with van der Waals surface area (Å²) in [5.41, 5.74) is 2.76. The molecule has 0 amide bonds. The van der Waals surface area contributed by atoms with E-state index in [9.17, 15) is 0 Å². The van der Waals surface area contributed by atoms with Crippen LogP contribution >= 0.6 is 0 Å². The van der Waals surface area contributed by atoms with Crippen LogP contribution in [0.25, 0.3) is 0 Å². The second-order valence-electron chi connectivity index (χ2n) is 4.82. The summed E-state index contributed by atoms with van der Waals surface area (Å²) >= 11 is 0. The van der Waals surface area contributed by atoms with Gasteiger partial charge in [-0.05, 0) is 43.5 Å². The Labute approximate surface area is 90.6 Å². The molecule has 1 spiro atoms. The fourth-order valence-corrected chi connectivity index (χ4v) is 2.63. The van der Waals surface area contributed by atoms with Crippen LogP contribution in [0.3, 0.4) is 0 Å². The zero-order valence-corrected chi connectivity index (χ0v) is 9.18. The fraction of sp³-hybridized carbons (Fsp3) is 0.538. The van der Waals surface area contributed by atoms with Crippen LogP contribution in [0.15, 0.2) is 18.2 Å². The van der Waals surface area contributed by atoms with Crippen molar-refractivity contribution in [2.45, 2.75) is 31.8 Å². The summed E-state index contributed by atoms with van der Waals surface area (Å²) in [6.45, 7) is 4.24. The fourth-order valence-electron chi connectivity index (χ4n) is 2.63. The van der Waals surface area contributed by atoms with Crippen LogP contribution in [0.2, 0.25) is 0 Å². The smallest absolute Gasteiger partial charge is 0.123 e. The molecule has 1 unspecified atom stereocenters. The third kappa shape index (κ3) is 1.53. The number of benzene rings is 1. The lowest BCUT2D eigenvalue weighted by Crippen LogP contribution is -2.41. The minimum Gasteiger partial charge on any atom is -0.486 e. The lowest BCUT2D eigenvalue weighted by molar-refractivity contribution is 0.0664. The van der Waals surface area contributed by atoms with E-state index in [-0.39, 0.29) is 5.60 Å². The summed E-state index contributed by atoms with van der Waals surface area (Å²) in [5.74, 6) is 1.12. The van der Waals surface area contributed by atoms with Crippen LogP contribution in [-0.2, 0) is 6.42 Å². The Morgan fingerprint density at radius 2 is 2.27 bits per heavy atom. The van der Waals surface area contributed by atoms with Gasteiger partial charge in [0.2, 0.25) is 0 Å². The maximum Gasteiger partial charge on any atom is 0.123 e. The average Bonchev–Trinajstić information content (AvgIpc) is 2.66. The first-order valence-corrected chi connectivity index (χ1v) is 5.77. The monoisotopic (exact) mass is 203 g/mol. The van der Waals surface area contributed by atoms with Gasteiger partial charge in [-0.3, -0.25) is 0 Å². The highest BCUT2D eigenvalue weighted by Crippen LogP contribution is 2.36. The van der Waals surface area contributed by atoms with Crippen molar-refractivity contribution in [3.8, 4) is 5.75 Å². The Morgan fingerprint density at radius 1 is 1.33 bits per heavy atom. The van der Waals surface area contributed by atoms with E-state index in [4.69, 9.17) is 4.74 Å². The van der Waals surface area contributed by atoms with Gasteiger partial charge in [0, 0.05) is 13.0 Å². The quantitative estimate of drug-likeness (QED) is 0.697. The molecule has 1 atom stereocenters. The molecule has 0 aromatic heterocycles. The molecule has 15 heavy (non-hydrogen) atoms. The number of hydrogen-bond donors (Lipinski definition) is 1. The first kappa shape index (κ1) is 9.22. The summed E-state index contributed by atoms with van der Waals surface area (Å²) in [6.07, 6.45) is 3.48. The molecule has 3 rings (SSSR count). The van der Waals surface area contributed by atoms with E-state index < -0.39 is 0 Å². The molecule has 80 valence electrons. The van der Waals surface area contributed by atoms with Crippen molar-refractivity contribution < 1.29 is 4.74 Å². The molecule has 2 aliphatic heterocycles. The summed E-state index contributed by atoms with van der Waals surface area (Å²) in [7, 11) is 0. The van der Waals surface area contributed by atoms with E-state index in [1.165, 1.54) is 11.1 Å². The van der Waals surface area contributed by atoms with Crippen molar-refractivity contribution >= 4 is 0 Å². The largest absolute Gasteiger partial charge is 0.486 e. The second-order valence-corrected chi connectivity index (χ2v) is 4.82. The maximum atomic E-state index is 6.20. The van der Waals surface area contributed by atoms with Gasteiger partial charge in [0.05, 0.1) is 0 Å². The van der Waals surface area contributed by atoms with Gasteiger partial charge in [-0.2, -0.15) is 0 Å². The highest BCUT2D eigenvalue weighted by atomic mass is 16.5. The van der Waals surface area contributed by atoms with Crippen molar-refractivity contribution in [2.75, 3.05) is 13.1 Å². The Morgan fingerprint density at radius 3 is 3.07 bits per heavy atom. The van der Waals surface area contributed by atoms with Crippen molar-refractivity contribution in [3.63, 3.8) is 0 Å². The summed E-state index contributed by atoms with van der Waals surface area (Å²) in [5, 5.41) is 3.40. The van der Waals surface area contributed by atoms with Crippen molar-refractivity contribution in [2.24, 2.45) is 0 Å². The first-order chi connectivity index (χ1) is 7.27. The molecule has 2 heteroatoms. The van der Waals surface area contributed by atoms with Crippen LogP contribution < -0.4 is 10.1 Å². The molecule has 0 bridgehead atoms. The highest BCUT2D eigenvalue weighted by molar-refractivity contribution is 5.39. The van der Waals surface area contributed by atoms with Crippen LogP contribution in [0.4, 0.5) is 0 Å². The Kier molecular flexibility index (Phi) is 1.99. The van der Waals surface area contributed by atoms with Crippen molar-refractivity contribution in [3.05, 3.63) is 29.3 Å². The molecule has 2 aliphatic rings. The molecule has 0 radical (unpaired) electrons. The molecule has 1 saturated heterocycles. The minimum atomic E-state index is 0.0980. The summed E-state index contributed by atoms with van der Waals surface area (Å²) < 4.78 is 6.20. The molecular formula is C13H17NO. The number of fused-ring (bicyclic) bond motifs is 1.